The zero-order chi connectivity index (χ0) is 23.4. The van der Waals surface area contributed by atoms with Crippen molar-refractivity contribution in [1.29, 1.82) is 0 Å². The summed E-state index contributed by atoms with van der Waals surface area (Å²) in [6, 6.07) is 11.4. The van der Waals surface area contributed by atoms with Gasteiger partial charge in [-0.1, -0.05) is 11.6 Å². The van der Waals surface area contributed by atoms with E-state index >= 15 is 0 Å². The Morgan fingerprint density at radius 3 is 1.24 bits per heavy atom. The van der Waals surface area contributed by atoms with Crippen LogP contribution in [0, 0.1) is 0 Å². The molecule has 0 unspecified atom stereocenters. The molecule has 0 saturated heterocycles. The third-order valence-corrected chi connectivity index (χ3v) is 5.54. The fraction of sp³-hybridized carbons (Fsp3) is 0.480. The predicted octanol–water partition coefficient (Wildman–Crippen LogP) is 3.90. The lowest BCUT2D eigenvalue weighted by atomic mass is 10.1. The summed E-state index contributed by atoms with van der Waals surface area (Å²) in [5, 5.41) is 2.26. The largest absolute Gasteiger partial charge is 0.491 e. The molecule has 3 aromatic rings. The molecule has 0 saturated carbocycles. The summed E-state index contributed by atoms with van der Waals surface area (Å²) in [5.41, 5.74) is 1.61. The smallest absolute Gasteiger partial charge is 0.120 e. The van der Waals surface area contributed by atoms with Crippen molar-refractivity contribution in [1.82, 2.24) is 4.98 Å². The Morgan fingerprint density at radius 2 is 0.853 bits per heavy atom. The van der Waals surface area contributed by atoms with E-state index in [2.05, 4.69) is 0 Å². The lowest BCUT2D eigenvalue weighted by Crippen LogP contribution is -2.15. The standard InChI is InChI=1S/C25H30ClNO7/c26-25-21-17-19-1-3-23(21)27-24-4-2-20(18-22(24)25)34-16-14-32-12-10-30-8-6-28-5-7-29-9-11-31-13-15-33-19/h1-4,17-18H,5-16H2. The summed E-state index contributed by atoms with van der Waals surface area (Å²) in [4.78, 5) is 4.73. The SMILES string of the molecule is Clc1c2cc3ccc2nc2ccc(cc12)OCCOCCOCCOCCOCCOCCO3. The first kappa shape index (κ1) is 24.9. The highest BCUT2D eigenvalue weighted by molar-refractivity contribution is 6.40. The van der Waals surface area contributed by atoms with E-state index in [4.69, 9.17) is 49.7 Å². The third-order valence-electron chi connectivity index (χ3n) is 5.13. The van der Waals surface area contributed by atoms with Gasteiger partial charge in [-0.3, -0.25) is 0 Å². The summed E-state index contributed by atoms with van der Waals surface area (Å²) < 4.78 is 39.2. The van der Waals surface area contributed by atoms with Crippen LogP contribution in [-0.4, -0.2) is 84.3 Å². The van der Waals surface area contributed by atoms with E-state index in [0.717, 1.165) is 21.8 Å². The number of aromatic nitrogens is 1. The van der Waals surface area contributed by atoms with E-state index in [1.54, 1.807) is 0 Å². The van der Waals surface area contributed by atoms with Gasteiger partial charge in [-0.25, -0.2) is 4.98 Å². The summed E-state index contributed by atoms with van der Waals surface area (Å²) in [7, 11) is 0. The van der Waals surface area contributed by atoms with E-state index in [9.17, 15) is 0 Å². The lowest BCUT2D eigenvalue weighted by Gasteiger charge is -2.12. The molecule has 1 aliphatic heterocycles. The van der Waals surface area contributed by atoms with Gasteiger partial charge in [0, 0.05) is 10.8 Å². The second kappa shape index (κ2) is 13.6. The molecule has 2 heterocycles. The molecular weight excluding hydrogens is 462 g/mol. The second-order valence-corrected chi connectivity index (χ2v) is 7.92. The van der Waals surface area contributed by atoms with Crippen LogP contribution in [0.15, 0.2) is 36.4 Å². The van der Waals surface area contributed by atoms with E-state index in [1.807, 2.05) is 36.4 Å². The van der Waals surface area contributed by atoms with Gasteiger partial charge in [0.25, 0.3) is 0 Å². The molecule has 9 heteroatoms. The maximum Gasteiger partial charge on any atom is 0.120 e. The zero-order valence-electron chi connectivity index (χ0n) is 19.1. The van der Waals surface area contributed by atoms with Gasteiger partial charge in [-0.15, -0.1) is 0 Å². The Labute approximate surface area is 203 Å². The summed E-state index contributed by atoms with van der Waals surface area (Å²) in [6.45, 7) is 5.86. The molecule has 0 spiro atoms. The van der Waals surface area contributed by atoms with Crippen LogP contribution in [-0.2, 0) is 23.7 Å². The Balaban J connectivity index is 1.42. The molecule has 1 aromatic heterocycles. The number of benzene rings is 2. The highest BCUT2D eigenvalue weighted by Gasteiger charge is 2.10. The van der Waals surface area contributed by atoms with Gasteiger partial charge in [0.1, 0.15) is 24.7 Å². The summed E-state index contributed by atoms with van der Waals surface area (Å²) in [6.07, 6.45) is 0. The van der Waals surface area contributed by atoms with Crippen LogP contribution in [0.1, 0.15) is 0 Å². The van der Waals surface area contributed by atoms with Crippen molar-refractivity contribution in [2.75, 3.05) is 79.3 Å². The minimum Gasteiger partial charge on any atom is -0.491 e. The zero-order valence-corrected chi connectivity index (χ0v) is 19.9. The van der Waals surface area contributed by atoms with Crippen LogP contribution in [0.3, 0.4) is 0 Å². The quantitative estimate of drug-likeness (QED) is 0.438. The fourth-order valence-corrected chi connectivity index (χ4v) is 3.75. The number of pyridine rings is 1. The van der Waals surface area contributed by atoms with Crippen molar-refractivity contribution in [3.8, 4) is 11.5 Å². The molecule has 0 fully saturated rings. The number of ether oxygens (including phenoxy) is 7. The van der Waals surface area contributed by atoms with E-state index in [0.29, 0.717) is 95.8 Å². The molecular formula is C25H30ClNO7. The minimum atomic E-state index is 0.424. The molecule has 0 N–H and O–H groups in total. The molecule has 8 nitrogen and oxygen atoms in total. The molecule has 0 amide bonds. The Hall–Kier alpha value is -2.20. The Kier molecular flexibility index (Phi) is 9.98. The van der Waals surface area contributed by atoms with E-state index < -0.39 is 0 Å². The number of fused-ring (bicyclic) bond motifs is 2. The molecule has 4 bridgehead atoms. The van der Waals surface area contributed by atoms with Crippen LogP contribution in [0.4, 0.5) is 0 Å². The average molecular weight is 492 g/mol. The van der Waals surface area contributed by atoms with Gasteiger partial charge >= 0.3 is 0 Å². The van der Waals surface area contributed by atoms with Crippen molar-refractivity contribution in [3.63, 3.8) is 0 Å². The number of rotatable bonds is 0. The number of halogens is 1. The van der Waals surface area contributed by atoms with Crippen LogP contribution in [0.5, 0.6) is 11.5 Å². The number of hydrogen-bond donors (Lipinski definition) is 0. The Bertz CT molecular complexity index is 971. The van der Waals surface area contributed by atoms with Gasteiger partial charge in [0.2, 0.25) is 0 Å². The number of hydrogen-bond acceptors (Lipinski definition) is 8. The average Bonchev–Trinajstić information content (AvgIpc) is 2.85. The third kappa shape index (κ3) is 7.40. The van der Waals surface area contributed by atoms with Gasteiger partial charge in [0.05, 0.1) is 82.1 Å². The first-order valence-electron chi connectivity index (χ1n) is 11.5. The lowest BCUT2D eigenvalue weighted by molar-refractivity contribution is -0.0141. The van der Waals surface area contributed by atoms with Crippen molar-refractivity contribution in [2.24, 2.45) is 0 Å². The van der Waals surface area contributed by atoms with Gasteiger partial charge in [-0.05, 0) is 36.4 Å². The van der Waals surface area contributed by atoms with Crippen molar-refractivity contribution in [2.45, 2.75) is 0 Å². The molecule has 0 radical (unpaired) electrons. The predicted molar refractivity (Wildman–Crippen MR) is 129 cm³/mol. The molecule has 0 aliphatic carbocycles. The van der Waals surface area contributed by atoms with Crippen LogP contribution < -0.4 is 9.47 Å². The van der Waals surface area contributed by atoms with Gasteiger partial charge < -0.3 is 33.2 Å². The maximum absolute atomic E-state index is 6.76. The number of nitrogens with zero attached hydrogens (tertiary/aromatic N) is 1. The van der Waals surface area contributed by atoms with Crippen LogP contribution in [0.25, 0.3) is 21.8 Å². The van der Waals surface area contributed by atoms with Crippen molar-refractivity contribution >= 4 is 33.4 Å². The minimum absolute atomic E-state index is 0.424. The normalized spacial score (nSPS) is 18.4. The maximum atomic E-state index is 6.76. The van der Waals surface area contributed by atoms with Crippen LogP contribution in [0.2, 0.25) is 5.02 Å². The molecule has 184 valence electrons. The van der Waals surface area contributed by atoms with Gasteiger partial charge in [0.15, 0.2) is 0 Å². The molecule has 34 heavy (non-hydrogen) atoms. The molecule has 0 atom stereocenters. The molecule has 1 aliphatic rings. The monoisotopic (exact) mass is 491 g/mol. The Morgan fingerprint density at radius 1 is 0.500 bits per heavy atom. The first-order valence-corrected chi connectivity index (χ1v) is 11.9. The first-order chi connectivity index (χ1) is 16.8. The molecule has 4 rings (SSSR count). The van der Waals surface area contributed by atoms with Crippen molar-refractivity contribution in [3.05, 3.63) is 41.4 Å². The summed E-state index contributed by atoms with van der Waals surface area (Å²) in [5.74, 6) is 1.42. The highest BCUT2D eigenvalue weighted by atomic mass is 35.5. The van der Waals surface area contributed by atoms with E-state index in [1.165, 1.54) is 0 Å². The second-order valence-electron chi connectivity index (χ2n) is 7.54. The van der Waals surface area contributed by atoms with Crippen molar-refractivity contribution < 1.29 is 33.2 Å². The molecule has 2 aromatic carbocycles. The van der Waals surface area contributed by atoms with Crippen LogP contribution >= 0.6 is 11.6 Å². The van der Waals surface area contributed by atoms with Gasteiger partial charge in [-0.2, -0.15) is 0 Å². The topological polar surface area (TPSA) is 77.5 Å². The summed E-state index contributed by atoms with van der Waals surface area (Å²) >= 11 is 6.76. The van der Waals surface area contributed by atoms with E-state index in [-0.39, 0.29) is 0 Å². The fourth-order valence-electron chi connectivity index (χ4n) is 3.45. The highest BCUT2D eigenvalue weighted by Crippen LogP contribution is 2.34.